The molecule has 3 heteroatoms. The Morgan fingerprint density at radius 2 is 1.65 bits per heavy atom. The van der Waals surface area contributed by atoms with Gasteiger partial charge in [-0.1, -0.05) is 6.92 Å². The van der Waals surface area contributed by atoms with Gasteiger partial charge in [0, 0.05) is 25.2 Å². The molecule has 3 nitrogen and oxygen atoms in total. The lowest BCUT2D eigenvalue weighted by Crippen LogP contribution is -2.40. The van der Waals surface area contributed by atoms with Crippen molar-refractivity contribution in [2.45, 2.75) is 82.6 Å². The maximum absolute atomic E-state index is 6.22. The molecule has 2 aliphatic carbocycles. The molecule has 2 atom stereocenters. The van der Waals surface area contributed by atoms with Crippen molar-refractivity contribution in [3.05, 3.63) is 0 Å². The average Bonchev–Trinajstić information content (AvgIpc) is 3.17. The third-order valence-corrected chi connectivity index (χ3v) is 5.51. The van der Waals surface area contributed by atoms with E-state index in [0.29, 0.717) is 12.2 Å². The Morgan fingerprint density at radius 3 is 2.35 bits per heavy atom. The molecule has 2 saturated carbocycles. The molecule has 0 spiro atoms. The van der Waals surface area contributed by atoms with Gasteiger partial charge < -0.3 is 15.0 Å². The van der Waals surface area contributed by atoms with E-state index in [9.17, 15) is 0 Å². The Labute approximate surface area is 124 Å². The predicted octanol–water partition coefficient (Wildman–Crippen LogP) is 2.80. The van der Waals surface area contributed by atoms with Crippen LogP contribution in [0.25, 0.3) is 0 Å². The molecule has 2 unspecified atom stereocenters. The number of likely N-dealkylation sites (N-methyl/N-ethyl adjacent to an activating group) is 1. The fourth-order valence-electron chi connectivity index (χ4n) is 3.80. The second-order valence-electron chi connectivity index (χ2n) is 7.49. The Morgan fingerprint density at radius 1 is 0.950 bits per heavy atom. The molecule has 0 bridgehead atoms. The highest BCUT2D eigenvalue weighted by Crippen LogP contribution is 2.28. The van der Waals surface area contributed by atoms with Gasteiger partial charge in [-0.05, 0) is 64.3 Å². The molecule has 3 aliphatic rings. The Hall–Kier alpha value is -0.120. The molecule has 0 aromatic rings. The van der Waals surface area contributed by atoms with Gasteiger partial charge >= 0.3 is 0 Å². The van der Waals surface area contributed by atoms with Gasteiger partial charge in [0.2, 0.25) is 0 Å². The summed E-state index contributed by atoms with van der Waals surface area (Å²) in [5, 5.41) is 3.60. The highest BCUT2D eigenvalue weighted by Gasteiger charge is 2.30. The van der Waals surface area contributed by atoms with Crippen LogP contribution >= 0.6 is 0 Å². The van der Waals surface area contributed by atoms with Crippen LogP contribution in [0.1, 0.15) is 58.3 Å². The lowest BCUT2D eigenvalue weighted by atomic mass is 9.86. The van der Waals surface area contributed by atoms with E-state index < -0.39 is 0 Å². The molecule has 1 saturated heterocycles. The molecule has 3 fully saturated rings. The van der Waals surface area contributed by atoms with Crippen LogP contribution < -0.4 is 5.32 Å². The summed E-state index contributed by atoms with van der Waals surface area (Å²) in [5.41, 5.74) is 0. The first-order valence-electron chi connectivity index (χ1n) is 8.80. The van der Waals surface area contributed by atoms with E-state index in [1.54, 1.807) is 0 Å². The molecule has 0 amide bonds. The third kappa shape index (κ3) is 4.19. The molecule has 1 aliphatic heterocycles. The molecular weight excluding hydrogens is 248 g/mol. The fraction of sp³-hybridized carbons (Fsp3) is 1.00. The monoisotopic (exact) mass is 280 g/mol. The van der Waals surface area contributed by atoms with Gasteiger partial charge in [0.25, 0.3) is 0 Å². The van der Waals surface area contributed by atoms with Gasteiger partial charge in [0.05, 0.1) is 12.2 Å². The SMILES string of the molecule is CC1CCC(N(C)CC2CCC(CNC3CC3)O2)CC1. The minimum absolute atomic E-state index is 0.473. The van der Waals surface area contributed by atoms with Crippen molar-refractivity contribution in [2.24, 2.45) is 5.92 Å². The van der Waals surface area contributed by atoms with Crippen molar-refractivity contribution in [3.8, 4) is 0 Å². The van der Waals surface area contributed by atoms with E-state index in [4.69, 9.17) is 4.74 Å². The largest absolute Gasteiger partial charge is 0.372 e. The quantitative estimate of drug-likeness (QED) is 0.810. The lowest BCUT2D eigenvalue weighted by molar-refractivity contribution is 0.0157. The average molecular weight is 280 g/mol. The molecule has 20 heavy (non-hydrogen) atoms. The normalized spacial score (nSPS) is 38.5. The van der Waals surface area contributed by atoms with Crippen LogP contribution in [-0.4, -0.2) is 49.3 Å². The van der Waals surface area contributed by atoms with E-state index in [1.165, 1.54) is 51.4 Å². The molecular formula is C17H32N2O. The van der Waals surface area contributed by atoms with Crippen LogP contribution in [-0.2, 0) is 4.74 Å². The van der Waals surface area contributed by atoms with Crippen molar-refractivity contribution >= 4 is 0 Å². The summed E-state index contributed by atoms with van der Waals surface area (Å²) >= 11 is 0. The summed E-state index contributed by atoms with van der Waals surface area (Å²) in [6.45, 7) is 4.61. The van der Waals surface area contributed by atoms with Gasteiger partial charge in [-0.2, -0.15) is 0 Å². The standard InChI is InChI=1S/C17H32N2O/c1-13-3-7-15(8-4-13)19(2)12-17-10-9-16(20-17)11-18-14-5-6-14/h13-18H,3-12H2,1-2H3. The van der Waals surface area contributed by atoms with Gasteiger partial charge in [0.15, 0.2) is 0 Å². The van der Waals surface area contributed by atoms with E-state index in [0.717, 1.165) is 31.1 Å². The number of rotatable bonds is 6. The summed E-state index contributed by atoms with van der Waals surface area (Å²) in [6.07, 6.45) is 11.8. The van der Waals surface area contributed by atoms with Crippen LogP contribution in [0.2, 0.25) is 0 Å². The zero-order chi connectivity index (χ0) is 13.9. The van der Waals surface area contributed by atoms with Gasteiger partial charge in [-0.25, -0.2) is 0 Å². The number of ether oxygens (including phenoxy) is 1. The molecule has 1 N–H and O–H groups in total. The Kier molecular flexibility index (Phi) is 5.00. The number of hydrogen-bond donors (Lipinski definition) is 1. The summed E-state index contributed by atoms with van der Waals surface area (Å²) in [7, 11) is 2.31. The minimum Gasteiger partial charge on any atom is -0.372 e. The summed E-state index contributed by atoms with van der Waals surface area (Å²) < 4.78 is 6.22. The summed E-state index contributed by atoms with van der Waals surface area (Å²) in [6, 6.07) is 1.61. The van der Waals surface area contributed by atoms with Crippen molar-refractivity contribution < 1.29 is 4.74 Å². The smallest absolute Gasteiger partial charge is 0.0707 e. The molecule has 0 radical (unpaired) electrons. The van der Waals surface area contributed by atoms with Crippen LogP contribution in [0, 0.1) is 5.92 Å². The highest BCUT2D eigenvalue weighted by atomic mass is 16.5. The van der Waals surface area contributed by atoms with Crippen molar-refractivity contribution in [1.29, 1.82) is 0 Å². The van der Waals surface area contributed by atoms with Gasteiger partial charge in [0.1, 0.15) is 0 Å². The Bertz CT molecular complexity index is 297. The molecule has 1 heterocycles. The van der Waals surface area contributed by atoms with Gasteiger partial charge in [-0.15, -0.1) is 0 Å². The predicted molar refractivity (Wildman–Crippen MR) is 83.0 cm³/mol. The molecule has 0 aromatic carbocycles. The number of hydrogen-bond acceptors (Lipinski definition) is 3. The lowest BCUT2D eigenvalue weighted by Gasteiger charge is -2.34. The van der Waals surface area contributed by atoms with Crippen LogP contribution in [0.3, 0.4) is 0 Å². The fourth-order valence-corrected chi connectivity index (χ4v) is 3.80. The first-order valence-corrected chi connectivity index (χ1v) is 8.80. The zero-order valence-corrected chi connectivity index (χ0v) is 13.3. The van der Waals surface area contributed by atoms with Crippen LogP contribution in [0.15, 0.2) is 0 Å². The zero-order valence-electron chi connectivity index (χ0n) is 13.3. The molecule has 3 rings (SSSR count). The van der Waals surface area contributed by atoms with E-state index >= 15 is 0 Å². The maximum atomic E-state index is 6.22. The van der Waals surface area contributed by atoms with Gasteiger partial charge in [-0.3, -0.25) is 0 Å². The second-order valence-corrected chi connectivity index (χ2v) is 7.49. The third-order valence-electron chi connectivity index (χ3n) is 5.51. The van der Waals surface area contributed by atoms with Crippen molar-refractivity contribution in [3.63, 3.8) is 0 Å². The second kappa shape index (κ2) is 6.76. The van der Waals surface area contributed by atoms with Crippen molar-refractivity contribution in [2.75, 3.05) is 20.1 Å². The van der Waals surface area contributed by atoms with E-state index in [1.807, 2.05) is 0 Å². The van der Waals surface area contributed by atoms with E-state index in [2.05, 4.69) is 24.2 Å². The topological polar surface area (TPSA) is 24.5 Å². The first-order chi connectivity index (χ1) is 9.70. The summed E-state index contributed by atoms with van der Waals surface area (Å²) in [4.78, 5) is 2.58. The van der Waals surface area contributed by atoms with Crippen molar-refractivity contribution in [1.82, 2.24) is 10.2 Å². The Balaban J connectivity index is 1.35. The highest BCUT2D eigenvalue weighted by molar-refractivity contribution is 4.85. The van der Waals surface area contributed by atoms with Crippen LogP contribution in [0.5, 0.6) is 0 Å². The minimum atomic E-state index is 0.473. The first kappa shape index (κ1) is 14.8. The van der Waals surface area contributed by atoms with Crippen LogP contribution in [0.4, 0.5) is 0 Å². The molecule has 0 aromatic heterocycles. The van der Waals surface area contributed by atoms with E-state index in [-0.39, 0.29) is 0 Å². The summed E-state index contributed by atoms with van der Waals surface area (Å²) in [5.74, 6) is 0.945. The maximum Gasteiger partial charge on any atom is 0.0707 e. The number of nitrogens with zero attached hydrogens (tertiary/aromatic N) is 1. The number of nitrogens with one attached hydrogen (secondary N) is 1. The molecule has 116 valence electrons.